The Balaban J connectivity index is 0.00000243. The number of anilines is 1. The lowest BCUT2D eigenvalue weighted by molar-refractivity contribution is 0.348. The Morgan fingerprint density at radius 2 is 1.96 bits per heavy atom. The number of nitrogens with two attached hydrogens (primary N) is 2. The first-order valence-electron chi connectivity index (χ1n) is 8.43. The first-order chi connectivity index (χ1) is 11.6. The van der Waals surface area contributed by atoms with Crippen molar-refractivity contribution in [1.82, 2.24) is 9.24 Å². The number of aromatic nitrogens is 2. The van der Waals surface area contributed by atoms with Crippen LogP contribution in [0.25, 0.3) is 10.9 Å². The average molecular weight is 386 g/mol. The van der Waals surface area contributed by atoms with E-state index in [4.69, 9.17) is 11.6 Å². The van der Waals surface area contributed by atoms with Gasteiger partial charge < -0.3 is 16.5 Å². The van der Waals surface area contributed by atoms with E-state index >= 15 is 0 Å². The number of nitrogen functional groups attached to an aromatic ring is 1. The molecule has 1 aromatic carbocycles. The second-order valence-corrected chi connectivity index (χ2v) is 7.28. The maximum Gasteiger partial charge on any atom is 0.350 e. The van der Waals surface area contributed by atoms with Crippen LogP contribution in [-0.4, -0.2) is 27.9 Å². The molecule has 0 amide bonds. The Morgan fingerprint density at radius 1 is 1.31 bits per heavy atom. The smallest absolute Gasteiger partial charge is 0.350 e. The third-order valence-electron chi connectivity index (χ3n) is 5.14. The number of aryl methyl sites for hydroxylation is 1. The second kappa shape index (κ2) is 6.92. The molecule has 26 heavy (non-hydrogen) atoms. The minimum absolute atomic E-state index is 0. The van der Waals surface area contributed by atoms with Crippen molar-refractivity contribution >= 4 is 29.0 Å². The van der Waals surface area contributed by atoms with Gasteiger partial charge in [-0.05, 0) is 45.2 Å². The molecule has 0 radical (unpaired) electrons. The predicted octanol–water partition coefficient (Wildman–Crippen LogP) is 1.02. The Kier molecular flexibility index (Phi) is 5.39. The number of hydrogen-bond acceptors (Lipinski definition) is 5. The minimum atomic E-state index is -0.697. The van der Waals surface area contributed by atoms with Crippen LogP contribution in [0.15, 0.2) is 21.7 Å². The maximum absolute atomic E-state index is 14.7. The van der Waals surface area contributed by atoms with E-state index in [9.17, 15) is 14.0 Å². The standard InChI is InChI=1S/C17H24FN5O2.ClH/c1-4-22-13-8-14(21-6-5-10(9-21)17(2,3)19)12(18)7-11(13)15(24)23(20)16(22)25;/h7-8,10H,4-6,9,19-20H2,1-3H3;1H/t10-;/m1./s1. The van der Waals surface area contributed by atoms with Crippen LogP contribution in [0.4, 0.5) is 10.1 Å². The van der Waals surface area contributed by atoms with Gasteiger partial charge in [0.1, 0.15) is 5.82 Å². The van der Waals surface area contributed by atoms with Gasteiger partial charge in [0.25, 0.3) is 5.56 Å². The monoisotopic (exact) mass is 385 g/mol. The van der Waals surface area contributed by atoms with E-state index in [2.05, 4.69) is 0 Å². The highest BCUT2D eigenvalue weighted by Gasteiger charge is 2.33. The zero-order chi connectivity index (χ0) is 18.5. The number of fused-ring (bicyclic) bond motifs is 1. The average Bonchev–Trinajstić information content (AvgIpc) is 3.03. The lowest BCUT2D eigenvalue weighted by atomic mass is 9.88. The first-order valence-corrected chi connectivity index (χ1v) is 8.43. The number of benzene rings is 1. The lowest BCUT2D eigenvalue weighted by Crippen LogP contribution is -2.44. The van der Waals surface area contributed by atoms with Crippen LogP contribution in [0.3, 0.4) is 0 Å². The molecule has 1 atom stereocenters. The summed E-state index contributed by atoms with van der Waals surface area (Å²) in [6.45, 7) is 7.36. The fraction of sp³-hybridized carbons (Fsp3) is 0.529. The largest absolute Gasteiger partial charge is 0.369 e. The highest BCUT2D eigenvalue weighted by atomic mass is 35.5. The van der Waals surface area contributed by atoms with E-state index in [1.807, 2.05) is 18.7 Å². The van der Waals surface area contributed by atoms with Crippen LogP contribution in [0, 0.1) is 11.7 Å². The van der Waals surface area contributed by atoms with E-state index in [0.29, 0.717) is 35.5 Å². The van der Waals surface area contributed by atoms with Crippen molar-refractivity contribution in [1.29, 1.82) is 0 Å². The molecule has 7 nitrogen and oxygen atoms in total. The van der Waals surface area contributed by atoms with Crippen LogP contribution in [-0.2, 0) is 6.54 Å². The molecule has 9 heteroatoms. The third-order valence-corrected chi connectivity index (χ3v) is 5.14. The summed E-state index contributed by atoms with van der Waals surface area (Å²) in [6.07, 6.45) is 0.867. The van der Waals surface area contributed by atoms with Gasteiger partial charge >= 0.3 is 5.69 Å². The second-order valence-electron chi connectivity index (χ2n) is 7.28. The summed E-state index contributed by atoms with van der Waals surface area (Å²) in [4.78, 5) is 26.3. The van der Waals surface area contributed by atoms with Gasteiger partial charge in [-0.1, -0.05) is 0 Å². The van der Waals surface area contributed by atoms with Crippen molar-refractivity contribution in [3.05, 3.63) is 38.8 Å². The van der Waals surface area contributed by atoms with Crippen molar-refractivity contribution in [2.24, 2.45) is 11.7 Å². The fourth-order valence-corrected chi connectivity index (χ4v) is 3.53. The van der Waals surface area contributed by atoms with E-state index in [1.165, 1.54) is 10.6 Å². The summed E-state index contributed by atoms with van der Waals surface area (Å²) in [5, 5.41) is 0.0973. The molecule has 0 saturated carbocycles. The highest BCUT2D eigenvalue weighted by Crippen LogP contribution is 2.32. The Bertz CT molecular complexity index is 947. The maximum atomic E-state index is 14.7. The normalized spacial score (nSPS) is 17.6. The molecule has 1 fully saturated rings. The molecule has 0 unspecified atom stereocenters. The van der Waals surface area contributed by atoms with E-state index in [-0.39, 0.29) is 29.3 Å². The summed E-state index contributed by atoms with van der Waals surface area (Å²) in [6, 6.07) is 2.74. The third kappa shape index (κ3) is 3.19. The first kappa shape index (κ1) is 20.3. The molecular formula is C17H25ClFN5O2. The minimum Gasteiger partial charge on any atom is -0.369 e. The SMILES string of the molecule is CCn1c(=O)n(N)c(=O)c2cc(F)c(N3CC[C@@H](C(C)(C)N)C3)cc21.Cl. The van der Waals surface area contributed by atoms with Crippen LogP contribution in [0.5, 0.6) is 0 Å². The quantitative estimate of drug-likeness (QED) is 0.768. The van der Waals surface area contributed by atoms with Gasteiger partial charge in [0.2, 0.25) is 0 Å². The number of halogens is 2. The molecule has 1 aliphatic heterocycles. The van der Waals surface area contributed by atoms with Crippen molar-refractivity contribution in [3.8, 4) is 0 Å². The molecule has 4 N–H and O–H groups in total. The Hall–Kier alpha value is -2.06. The zero-order valence-corrected chi connectivity index (χ0v) is 16.0. The molecular weight excluding hydrogens is 361 g/mol. The Labute approximate surface area is 156 Å². The molecule has 1 aromatic heterocycles. The van der Waals surface area contributed by atoms with Gasteiger partial charge in [0.15, 0.2) is 0 Å². The summed E-state index contributed by atoms with van der Waals surface area (Å²) in [7, 11) is 0. The predicted molar refractivity (Wildman–Crippen MR) is 104 cm³/mol. The van der Waals surface area contributed by atoms with E-state index in [0.717, 1.165) is 6.42 Å². The van der Waals surface area contributed by atoms with E-state index in [1.54, 1.807) is 13.0 Å². The van der Waals surface area contributed by atoms with Crippen LogP contribution < -0.4 is 27.7 Å². The summed E-state index contributed by atoms with van der Waals surface area (Å²) in [5.41, 5.74) is 5.31. The van der Waals surface area contributed by atoms with Gasteiger partial charge in [-0.2, -0.15) is 4.68 Å². The molecule has 144 valence electrons. The molecule has 3 rings (SSSR count). The van der Waals surface area contributed by atoms with Gasteiger partial charge in [-0.3, -0.25) is 9.36 Å². The number of hydrogen-bond donors (Lipinski definition) is 2. The van der Waals surface area contributed by atoms with Gasteiger partial charge in [-0.15, -0.1) is 12.4 Å². The van der Waals surface area contributed by atoms with Gasteiger partial charge in [-0.25, -0.2) is 9.18 Å². The lowest BCUT2D eigenvalue weighted by Gasteiger charge is -2.27. The number of nitrogens with zero attached hydrogens (tertiary/aromatic N) is 3. The molecule has 1 saturated heterocycles. The van der Waals surface area contributed by atoms with Crippen molar-refractivity contribution in [3.63, 3.8) is 0 Å². The van der Waals surface area contributed by atoms with Crippen LogP contribution in [0.1, 0.15) is 27.2 Å². The zero-order valence-electron chi connectivity index (χ0n) is 15.2. The fourth-order valence-electron chi connectivity index (χ4n) is 3.53. The summed E-state index contributed by atoms with van der Waals surface area (Å²) < 4.78 is 16.6. The molecule has 1 aliphatic rings. The van der Waals surface area contributed by atoms with E-state index < -0.39 is 17.1 Å². The molecule has 0 spiro atoms. The number of rotatable bonds is 3. The topological polar surface area (TPSA) is 99.3 Å². The molecule has 2 aromatic rings. The molecule has 0 aliphatic carbocycles. The molecule has 2 heterocycles. The van der Waals surface area contributed by atoms with Crippen molar-refractivity contribution in [2.75, 3.05) is 23.8 Å². The van der Waals surface area contributed by atoms with Crippen molar-refractivity contribution < 1.29 is 4.39 Å². The van der Waals surface area contributed by atoms with Crippen LogP contribution in [0.2, 0.25) is 0 Å². The van der Waals surface area contributed by atoms with Gasteiger partial charge in [0, 0.05) is 25.2 Å². The van der Waals surface area contributed by atoms with Crippen molar-refractivity contribution in [2.45, 2.75) is 39.3 Å². The summed E-state index contributed by atoms with van der Waals surface area (Å²) in [5.74, 6) is 5.27. The highest BCUT2D eigenvalue weighted by molar-refractivity contribution is 5.85. The summed E-state index contributed by atoms with van der Waals surface area (Å²) >= 11 is 0. The Morgan fingerprint density at radius 3 is 2.50 bits per heavy atom. The van der Waals surface area contributed by atoms with Gasteiger partial charge in [0.05, 0.1) is 16.6 Å². The molecule has 0 bridgehead atoms. The van der Waals surface area contributed by atoms with Crippen LogP contribution >= 0.6 is 12.4 Å².